The molecule has 0 aromatic carbocycles. The van der Waals surface area contributed by atoms with Crippen LogP contribution in [-0.4, -0.2) is 48.1 Å². The Bertz CT molecular complexity index is 696. The Morgan fingerprint density at radius 1 is 1.32 bits per heavy atom. The van der Waals surface area contributed by atoms with Crippen LogP contribution in [0.15, 0.2) is 12.3 Å². The van der Waals surface area contributed by atoms with Crippen LogP contribution in [0.5, 0.6) is 0 Å². The van der Waals surface area contributed by atoms with Crippen LogP contribution in [0.2, 0.25) is 0 Å². The van der Waals surface area contributed by atoms with Gasteiger partial charge in [0.15, 0.2) is 0 Å². The third-order valence-electron chi connectivity index (χ3n) is 5.78. The maximum atomic E-state index is 12.9. The summed E-state index contributed by atoms with van der Waals surface area (Å²) in [5, 5.41) is 6.25. The van der Waals surface area contributed by atoms with Gasteiger partial charge < -0.3 is 15.5 Å². The summed E-state index contributed by atoms with van der Waals surface area (Å²) < 4.78 is 38.7. The molecule has 1 aromatic rings. The van der Waals surface area contributed by atoms with Crippen LogP contribution in [-0.2, 0) is 11.0 Å². The van der Waals surface area contributed by atoms with Gasteiger partial charge in [-0.25, -0.2) is 9.97 Å². The maximum Gasteiger partial charge on any atom is 0.451 e. The fourth-order valence-corrected chi connectivity index (χ4v) is 4.40. The van der Waals surface area contributed by atoms with E-state index in [-0.39, 0.29) is 23.9 Å². The number of nitrogens with zero attached hydrogens (tertiary/aromatic N) is 3. The van der Waals surface area contributed by atoms with Crippen molar-refractivity contribution < 1.29 is 18.0 Å². The van der Waals surface area contributed by atoms with Gasteiger partial charge in [0.2, 0.25) is 11.7 Å². The number of nitrogens with one attached hydrogen (secondary N) is 2. The van der Waals surface area contributed by atoms with E-state index >= 15 is 0 Å². The molecule has 0 spiro atoms. The summed E-state index contributed by atoms with van der Waals surface area (Å²) in [5.74, 6) is 0.175. The zero-order valence-electron chi connectivity index (χ0n) is 16.5. The van der Waals surface area contributed by atoms with E-state index in [9.17, 15) is 18.0 Å². The highest BCUT2D eigenvalue weighted by Crippen LogP contribution is 2.40. The summed E-state index contributed by atoms with van der Waals surface area (Å²) in [6.45, 7) is 5.41. The second-order valence-electron chi connectivity index (χ2n) is 8.23. The van der Waals surface area contributed by atoms with E-state index in [0.717, 1.165) is 25.5 Å². The molecule has 0 bridgehead atoms. The largest absolute Gasteiger partial charge is 0.451 e. The number of anilines is 1. The van der Waals surface area contributed by atoms with E-state index in [1.165, 1.54) is 6.07 Å². The predicted octanol–water partition coefficient (Wildman–Crippen LogP) is 2.46. The summed E-state index contributed by atoms with van der Waals surface area (Å²) in [5.41, 5.74) is 0. The molecule has 1 saturated carbocycles. The third-order valence-corrected chi connectivity index (χ3v) is 5.78. The lowest BCUT2D eigenvalue weighted by Gasteiger charge is -2.25. The molecular weight excluding hydrogens is 371 g/mol. The lowest BCUT2D eigenvalue weighted by molar-refractivity contribution is -0.144. The molecule has 2 fully saturated rings. The van der Waals surface area contributed by atoms with E-state index in [0.29, 0.717) is 30.7 Å². The predicted molar refractivity (Wildman–Crippen MR) is 99.7 cm³/mol. The molecule has 0 unspecified atom stereocenters. The van der Waals surface area contributed by atoms with Gasteiger partial charge >= 0.3 is 6.18 Å². The highest BCUT2D eigenvalue weighted by molar-refractivity contribution is 5.82. The first-order chi connectivity index (χ1) is 13.2. The number of amides is 1. The van der Waals surface area contributed by atoms with Crippen molar-refractivity contribution in [2.75, 3.05) is 25.0 Å². The number of likely N-dealkylation sites (N-methyl/N-ethyl adjacent to an activating group) is 1. The highest BCUT2D eigenvalue weighted by Gasteiger charge is 2.44. The molecule has 28 heavy (non-hydrogen) atoms. The topological polar surface area (TPSA) is 70.2 Å². The molecule has 1 amide bonds. The molecule has 156 valence electrons. The molecule has 9 heteroatoms. The minimum atomic E-state index is -4.55. The summed E-state index contributed by atoms with van der Waals surface area (Å²) in [6, 6.07) is 1.34. The van der Waals surface area contributed by atoms with Crippen LogP contribution in [0, 0.1) is 17.8 Å². The Morgan fingerprint density at radius 3 is 2.71 bits per heavy atom. The lowest BCUT2D eigenvalue weighted by atomic mass is 9.97. The average molecular weight is 399 g/mol. The molecule has 1 aromatic heterocycles. The Labute approximate surface area is 163 Å². The van der Waals surface area contributed by atoms with Gasteiger partial charge in [0.05, 0.1) is 6.04 Å². The fraction of sp³-hybridized carbons (Fsp3) is 0.737. The first-order valence-electron chi connectivity index (χ1n) is 9.82. The number of alkyl halides is 3. The van der Waals surface area contributed by atoms with Gasteiger partial charge in [-0.15, -0.1) is 0 Å². The molecular formula is C19H28F3N5O. The van der Waals surface area contributed by atoms with Gasteiger partial charge in [-0.3, -0.25) is 4.79 Å². The molecule has 2 N–H and O–H groups in total. The molecule has 2 aliphatic rings. The zero-order chi connectivity index (χ0) is 20.5. The van der Waals surface area contributed by atoms with E-state index in [4.69, 9.17) is 0 Å². The molecule has 1 saturated heterocycles. The van der Waals surface area contributed by atoms with Crippen molar-refractivity contribution in [3.8, 4) is 0 Å². The van der Waals surface area contributed by atoms with Crippen LogP contribution in [0.1, 0.15) is 38.9 Å². The van der Waals surface area contributed by atoms with Crippen molar-refractivity contribution >= 4 is 11.7 Å². The number of halogens is 3. The molecule has 1 aliphatic heterocycles. The Morgan fingerprint density at radius 2 is 2.07 bits per heavy atom. The Kier molecular flexibility index (Phi) is 6.12. The molecule has 4 atom stereocenters. The number of hydrogen-bond acceptors (Lipinski definition) is 5. The van der Waals surface area contributed by atoms with Crippen LogP contribution in [0.25, 0.3) is 0 Å². The monoisotopic (exact) mass is 399 g/mol. The highest BCUT2D eigenvalue weighted by atomic mass is 19.4. The number of aromatic nitrogens is 2. The SMILES string of the molecule is CN[C@@H](CC(C)C)C(=O)N[C@H]1CC[C@@H]2CN(c3ccnc(C(F)(F)F)n3)C[C@@H]21. The standard InChI is InChI=1S/C19H28F3N5O/c1-11(2)8-15(23-3)17(28)25-14-5-4-12-9-27(10-13(12)14)16-6-7-24-18(26-16)19(20,21)22/h6-7,11-15,23H,4-5,8-10H2,1-3H3,(H,25,28)/t12-,13+,14+,15+/m1/s1. The van der Waals surface area contributed by atoms with Crippen LogP contribution in [0.4, 0.5) is 19.0 Å². The number of carbonyl (C=O) groups excluding carboxylic acids is 1. The molecule has 0 radical (unpaired) electrons. The van der Waals surface area contributed by atoms with Gasteiger partial charge in [-0.2, -0.15) is 13.2 Å². The second-order valence-corrected chi connectivity index (χ2v) is 8.23. The normalized spacial score (nSPS) is 25.8. The minimum absolute atomic E-state index is 0.00157. The Balaban J connectivity index is 1.65. The smallest absolute Gasteiger partial charge is 0.356 e. The van der Waals surface area contributed by atoms with Gasteiger partial charge in [0.1, 0.15) is 5.82 Å². The molecule has 2 heterocycles. The van der Waals surface area contributed by atoms with E-state index < -0.39 is 12.0 Å². The summed E-state index contributed by atoms with van der Waals surface area (Å²) in [4.78, 5) is 21.6. The summed E-state index contributed by atoms with van der Waals surface area (Å²) in [7, 11) is 1.79. The fourth-order valence-electron chi connectivity index (χ4n) is 4.40. The molecule has 3 rings (SSSR count). The minimum Gasteiger partial charge on any atom is -0.356 e. The first-order valence-corrected chi connectivity index (χ1v) is 9.82. The van der Waals surface area contributed by atoms with Gasteiger partial charge in [-0.05, 0) is 44.2 Å². The number of fused-ring (bicyclic) bond motifs is 1. The quantitative estimate of drug-likeness (QED) is 0.769. The molecule has 1 aliphatic carbocycles. The molecule has 6 nitrogen and oxygen atoms in total. The van der Waals surface area contributed by atoms with Crippen molar-refractivity contribution in [2.24, 2.45) is 17.8 Å². The number of hydrogen-bond donors (Lipinski definition) is 2. The van der Waals surface area contributed by atoms with Gasteiger partial charge in [0, 0.05) is 31.2 Å². The van der Waals surface area contributed by atoms with E-state index in [1.807, 2.05) is 4.90 Å². The second kappa shape index (κ2) is 8.23. The van der Waals surface area contributed by atoms with Crippen molar-refractivity contribution in [1.29, 1.82) is 0 Å². The number of rotatable bonds is 6. The van der Waals surface area contributed by atoms with Crippen molar-refractivity contribution in [2.45, 2.75) is 51.4 Å². The van der Waals surface area contributed by atoms with E-state index in [1.54, 1.807) is 7.05 Å². The summed E-state index contributed by atoms with van der Waals surface area (Å²) in [6.07, 6.45) is -0.776. The van der Waals surface area contributed by atoms with Crippen LogP contribution in [0.3, 0.4) is 0 Å². The first kappa shape index (κ1) is 20.8. The average Bonchev–Trinajstić information content (AvgIpc) is 3.21. The van der Waals surface area contributed by atoms with Crippen molar-refractivity contribution in [1.82, 2.24) is 20.6 Å². The number of carbonyl (C=O) groups is 1. The van der Waals surface area contributed by atoms with Crippen molar-refractivity contribution in [3.05, 3.63) is 18.1 Å². The van der Waals surface area contributed by atoms with E-state index in [2.05, 4.69) is 34.4 Å². The zero-order valence-corrected chi connectivity index (χ0v) is 16.5. The van der Waals surface area contributed by atoms with Crippen molar-refractivity contribution in [3.63, 3.8) is 0 Å². The maximum absolute atomic E-state index is 12.9. The van der Waals surface area contributed by atoms with Crippen LogP contribution < -0.4 is 15.5 Å². The third kappa shape index (κ3) is 4.56. The lowest BCUT2D eigenvalue weighted by Crippen LogP contribution is -2.49. The van der Waals surface area contributed by atoms with Crippen LogP contribution >= 0.6 is 0 Å². The van der Waals surface area contributed by atoms with Gasteiger partial charge in [-0.1, -0.05) is 13.8 Å². The van der Waals surface area contributed by atoms with Gasteiger partial charge in [0.25, 0.3) is 0 Å². The Hall–Kier alpha value is -1.90. The summed E-state index contributed by atoms with van der Waals surface area (Å²) >= 11 is 0.